The van der Waals surface area contributed by atoms with Crippen LogP contribution in [0.4, 0.5) is 5.82 Å². The van der Waals surface area contributed by atoms with Gasteiger partial charge in [0.05, 0.1) is 11.6 Å². The quantitative estimate of drug-likeness (QED) is 0.901. The van der Waals surface area contributed by atoms with Gasteiger partial charge in [0.15, 0.2) is 5.65 Å². The highest BCUT2D eigenvalue weighted by atomic mass is 16.2. The van der Waals surface area contributed by atoms with Gasteiger partial charge in [-0.3, -0.25) is 9.48 Å². The molecule has 1 atom stereocenters. The van der Waals surface area contributed by atoms with Gasteiger partial charge in [-0.05, 0) is 25.7 Å². The molecule has 3 heterocycles. The Morgan fingerprint density at radius 2 is 2.04 bits per heavy atom. The molecule has 23 heavy (non-hydrogen) atoms. The number of hydrogen-bond acceptors (Lipinski definition) is 5. The number of nitrogens with one attached hydrogen (secondary N) is 2. The predicted octanol–water partition coefficient (Wildman–Crippen LogP) is 1.71. The van der Waals surface area contributed by atoms with Gasteiger partial charge in [-0.1, -0.05) is 12.8 Å². The number of anilines is 1. The molecular formula is C16H22N6O. The van der Waals surface area contributed by atoms with Crippen LogP contribution in [0, 0.1) is 0 Å². The topological polar surface area (TPSA) is 84.7 Å². The molecule has 2 N–H and O–H groups in total. The molecule has 2 aliphatic rings. The van der Waals surface area contributed by atoms with E-state index in [1.165, 1.54) is 12.8 Å². The van der Waals surface area contributed by atoms with Gasteiger partial charge in [0.1, 0.15) is 17.7 Å². The summed E-state index contributed by atoms with van der Waals surface area (Å²) in [4.78, 5) is 21.6. The first-order valence-corrected chi connectivity index (χ1v) is 8.46. The third-order valence-electron chi connectivity index (χ3n) is 4.93. The molecule has 1 aliphatic carbocycles. The fourth-order valence-electron chi connectivity index (χ4n) is 3.59. The molecule has 122 valence electrons. The molecule has 1 saturated heterocycles. The Labute approximate surface area is 134 Å². The van der Waals surface area contributed by atoms with Crippen LogP contribution in [0.1, 0.15) is 50.3 Å². The summed E-state index contributed by atoms with van der Waals surface area (Å²) >= 11 is 0. The number of fused-ring (bicyclic) bond motifs is 1. The molecule has 0 aromatic carbocycles. The minimum atomic E-state index is -0.224. The van der Waals surface area contributed by atoms with Crippen molar-refractivity contribution in [2.24, 2.45) is 7.05 Å². The Balaban J connectivity index is 1.72. The number of nitrogens with zero attached hydrogens (tertiary/aromatic N) is 4. The Morgan fingerprint density at radius 1 is 1.22 bits per heavy atom. The highest BCUT2D eigenvalue weighted by molar-refractivity contribution is 5.91. The molecular weight excluding hydrogens is 292 g/mol. The third kappa shape index (κ3) is 2.64. The molecule has 1 saturated carbocycles. The summed E-state index contributed by atoms with van der Waals surface area (Å²) in [6, 6.07) is -0.224. The average Bonchev–Trinajstić information content (AvgIpc) is 3.20. The van der Waals surface area contributed by atoms with Crippen molar-refractivity contribution in [2.45, 2.75) is 50.5 Å². The molecule has 1 amide bonds. The van der Waals surface area contributed by atoms with Crippen molar-refractivity contribution in [1.82, 2.24) is 25.1 Å². The number of carbonyl (C=O) groups is 1. The van der Waals surface area contributed by atoms with E-state index in [1.807, 2.05) is 7.05 Å². The van der Waals surface area contributed by atoms with Crippen molar-refractivity contribution in [1.29, 1.82) is 0 Å². The van der Waals surface area contributed by atoms with E-state index in [4.69, 9.17) is 9.97 Å². The maximum absolute atomic E-state index is 12.0. The van der Waals surface area contributed by atoms with E-state index in [-0.39, 0.29) is 11.9 Å². The second kappa shape index (κ2) is 5.79. The Bertz CT molecular complexity index is 733. The van der Waals surface area contributed by atoms with Crippen LogP contribution in [-0.4, -0.2) is 38.2 Å². The van der Waals surface area contributed by atoms with Crippen molar-refractivity contribution in [3.8, 4) is 0 Å². The van der Waals surface area contributed by atoms with Gasteiger partial charge in [0.2, 0.25) is 5.91 Å². The van der Waals surface area contributed by atoms with E-state index in [9.17, 15) is 4.79 Å². The smallest absolute Gasteiger partial charge is 0.242 e. The summed E-state index contributed by atoms with van der Waals surface area (Å²) in [6.45, 7) is 0.760. The molecule has 0 radical (unpaired) electrons. The molecule has 2 aromatic rings. The van der Waals surface area contributed by atoms with Gasteiger partial charge < -0.3 is 10.6 Å². The molecule has 1 aliphatic heterocycles. The summed E-state index contributed by atoms with van der Waals surface area (Å²) < 4.78 is 1.78. The number of piperidine rings is 1. The lowest BCUT2D eigenvalue weighted by atomic mass is 10.1. The lowest BCUT2D eigenvalue weighted by Gasteiger charge is -2.23. The number of amides is 1. The van der Waals surface area contributed by atoms with E-state index in [2.05, 4.69) is 15.7 Å². The number of aromatic nitrogens is 4. The van der Waals surface area contributed by atoms with Crippen molar-refractivity contribution >= 4 is 22.8 Å². The van der Waals surface area contributed by atoms with Gasteiger partial charge >= 0.3 is 0 Å². The summed E-state index contributed by atoms with van der Waals surface area (Å²) in [5, 5.41) is 11.4. The van der Waals surface area contributed by atoms with Crippen LogP contribution in [0.5, 0.6) is 0 Å². The normalized spacial score (nSPS) is 22.5. The van der Waals surface area contributed by atoms with Crippen LogP contribution < -0.4 is 10.6 Å². The zero-order valence-electron chi connectivity index (χ0n) is 13.4. The SMILES string of the molecule is Cn1ncc2c(NC3CCCNC3=O)nc(C3CCCC3)nc21. The lowest BCUT2D eigenvalue weighted by molar-refractivity contribution is -0.123. The van der Waals surface area contributed by atoms with Crippen LogP contribution in [0.3, 0.4) is 0 Å². The fourth-order valence-corrected chi connectivity index (χ4v) is 3.59. The van der Waals surface area contributed by atoms with Crippen molar-refractivity contribution in [3.63, 3.8) is 0 Å². The molecule has 2 fully saturated rings. The molecule has 2 aromatic heterocycles. The molecule has 0 spiro atoms. The van der Waals surface area contributed by atoms with Crippen LogP contribution in [0.25, 0.3) is 11.0 Å². The van der Waals surface area contributed by atoms with Gasteiger partial charge in [-0.15, -0.1) is 0 Å². The number of rotatable bonds is 3. The summed E-state index contributed by atoms with van der Waals surface area (Å²) in [7, 11) is 1.89. The maximum Gasteiger partial charge on any atom is 0.242 e. The van der Waals surface area contributed by atoms with Crippen molar-refractivity contribution < 1.29 is 4.79 Å². The second-order valence-electron chi connectivity index (χ2n) is 6.55. The van der Waals surface area contributed by atoms with E-state index in [0.29, 0.717) is 5.92 Å². The zero-order chi connectivity index (χ0) is 15.8. The van der Waals surface area contributed by atoms with Crippen LogP contribution in [0.2, 0.25) is 0 Å². The fraction of sp³-hybridized carbons (Fsp3) is 0.625. The van der Waals surface area contributed by atoms with E-state index in [0.717, 1.165) is 54.9 Å². The van der Waals surface area contributed by atoms with Crippen molar-refractivity contribution in [3.05, 3.63) is 12.0 Å². The maximum atomic E-state index is 12.0. The summed E-state index contributed by atoms with van der Waals surface area (Å²) in [5.41, 5.74) is 0.834. The van der Waals surface area contributed by atoms with E-state index in [1.54, 1.807) is 10.9 Å². The van der Waals surface area contributed by atoms with E-state index >= 15 is 0 Å². The van der Waals surface area contributed by atoms with E-state index < -0.39 is 0 Å². The minimum Gasteiger partial charge on any atom is -0.358 e. The zero-order valence-corrected chi connectivity index (χ0v) is 13.4. The second-order valence-corrected chi connectivity index (χ2v) is 6.55. The monoisotopic (exact) mass is 314 g/mol. The molecule has 7 heteroatoms. The first kappa shape index (κ1) is 14.4. The highest BCUT2D eigenvalue weighted by Crippen LogP contribution is 2.34. The molecule has 7 nitrogen and oxygen atoms in total. The van der Waals surface area contributed by atoms with Crippen LogP contribution >= 0.6 is 0 Å². The number of hydrogen-bond donors (Lipinski definition) is 2. The van der Waals surface area contributed by atoms with Crippen molar-refractivity contribution in [2.75, 3.05) is 11.9 Å². The molecule has 0 bridgehead atoms. The Morgan fingerprint density at radius 3 is 2.83 bits per heavy atom. The van der Waals surface area contributed by atoms with Gasteiger partial charge in [-0.2, -0.15) is 5.10 Å². The van der Waals surface area contributed by atoms with Gasteiger partial charge in [0, 0.05) is 19.5 Å². The molecule has 1 unspecified atom stereocenters. The first-order chi connectivity index (χ1) is 11.2. The Hall–Kier alpha value is -2.18. The van der Waals surface area contributed by atoms with Gasteiger partial charge in [0.25, 0.3) is 0 Å². The third-order valence-corrected chi connectivity index (χ3v) is 4.93. The highest BCUT2D eigenvalue weighted by Gasteiger charge is 2.26. The average molecular weight is 314 g/mol. The van der Waals surface area contributed by atoms with Gasteiger partial charge in [-0.25, -0.2) is 9.97 Å². The summed E-state index contributed by atoms with van der Waals surface area (Å²) in [5.74, 6) is 2.11. The molecule has 4 rings (SSSR count). The number of aryl methyl sites for hydroxylation is 1. The summed E-state index contributed by atoms with van der Waals surface area (Å²) in [6.07, 6.45) is 8.36. The van der Waals surface area contributed by atoms with Crippen LogP contribution in [0.15, 0.2) is 6.20 Å². The minimum absolute atomic E-state index is 0.0503. The largest absolute Gasteiger partial charge is 0.358 e. The van der Waals surface area contributed by atoms with Crippen LogP contribution in [-0.2, 0) is 11.8 Å². The lowest BCUT2D eigenvalue weighted by Crippen LogP contribution is -2.44. The predicted molar refractivity (Wildman–Crippen MR) is 87.2 cm³/mol. The Kier molecular flexibility index (Phi) is 3.63. The standard InChI is InChI=1S/C16H22N6O/c1-22-15-11(9-18-22)14(19-12-7-4-8-17-16(12)23)20-13(21-15)10-5-2-3-6-10/h9-10,12H,2-8H2,1H3,(H,17,23)(H,19,20,21). The first-order valence-electron chi connectivity index (χ1n) is 8.46. The number of carbonyl (C=O) groups excluding carboxylic acids is 1.